The highest BCUT2D eigenvalue weighted by atomic mass is 127. The molecule has 1 atom stereocenters. The fourth-order valence-corrected chi connectivity index (χ4v) is 2.98. The molecule has 3 N–H and O–H groups in total. The van der Waals surface area contributed by atoms with Crippen LogP contribution in [0.1, 0.15) is 11.1 Å². The van der Waals surface area contributed by atoms with E-state index >= 15 is 0 Å². The molecule has 1 amide bonds. The highest BCUT2D eigenvalue weighted by Crippen LogP contribution is 2.28. The van der Waals surface area contributed by atoms with Crippen LogP contribution >= 0.6 is 22.6 Å². The highest BCUT2D eigenvalue weighted by Gasteiger charge is 2.36. The first-order valence-corrected chi connectivity index (χ1v) is 6.61. The minimum Gasteiger partial charge on any atom is -0.465 e. The molecule has 0 radical (unpaired) electrons. The van der Waals surface area contributed by atoms with Crippen molar-refractivity contribution in [1.82, 2.24) is 10.6 Å². The maximum Gasteiger partial charge on any atom is 0.406 e. The molecule has 1 heterocycles. The molecule has 1 aromatic carbocycles. The van der Waals surface area contributed by atoms with E-state index in [0.717, 1.165) is 18.5 Å². The third kappa shape index (κ3) is 2.01. The van der Waals surface area contributed by atoms with Gasteiger partial charge in [-0.05, 0) is 17.5 Å². The van der Waals surface area contributed by atoms with Gasteiger partial charge >= 0.3 is 6.09 Å². The molecule has 0 spiro atoms. The van der Waals surface area contributed by atoms with Gasteiger partial charge in [0.2, 0.25) is 0 Å². The van der Waals surface area contributed by atoms with Gasteiger partial charge in [0, 0.05) is 11.0 Å². The van der Waals surface area contributed by atoms with Crippen molar-refractivity contribution in [3.63, 3.8) is 0 Å². The van der Waals surface area contributed by atoms with E-state index in [-0.39, 0.29) is 0 Å². The van der Waals surface area contributed by atoms with Crippen LogP contribution in [-0.2, 0) is 12.1 Å². The molecule has 86 valence electrons. The van der Waals surface area contributed by atoms with Gasteiger partial charge in [-0.25, -0.2) is 4.79 Å². The standard InChI is InChI=1S/C11H13IN2O2/c12-7-11(14-10(15)16)9-4-2-1-3-8(9)5-6-13-11/h1-4,13-14H,5-7H2,(H,15,16). The summed E-state index contributed by atoms with van der Waals surface area (Å²) in [7, 11) is 0. The fourth-order valence-electron chi connectivity index (χ4n) is 2.11. The van der Waals surface area contributed by atoms with Crippen LogP contribution < -0.4 is 10.6 Å². The molecular weight excluding hydrogens is 319 g/mol. The Morgan fingerprint density at radius 3 is 3.00 bits per heavy atom. The Morgan fingerprint density at radius 2 is 2.31 bits per heavy atom. The third-order valence-corrected chi connectivity index (χ3v) is 3.96. The summed E-state index contributed by atoms with van der Waals surface area (Å²) in [5.41, 5.74) is 1.62. The van der Waals surface area contributed by atoms with Gasteiger partial charge < -0.3 is 5.11 Å². The van der Waals surface area contributed by atoms with Gasteiger partial charge in [-0.2, -0.15) is 0 Å². The van der Waals surface area contributed by atoms with Crippen LogP contribution in [0, 0.1) is 0 Å². The van der Waals surface area contributed by atoms with Gasteiger partial charge in [-0.15, -0.1) is 0 Å². The van der Waals surface area contributed by atoms with Crippen molar-refractivity contribution in [3.05, 3.63) is 35.4 Å². The van der Waals surface area contributed by atoms with Crippen molar-refractivity contribution in [2.75, 3.05) is 11.0 Å². The summed E-state index contributed by atoms with van der Waals surface area (Å²) < 4.78 is 0.661. The van der Waals surface area contributed by atoms with Gasteiger partial charge in [0.25, 0.3) is 0 Å². The lowest BCUT2D eigenvalue weighted by atomic mass is 9.90. The monoisotopic (exact) mass is 332 g/mol. The predicted octanol–water partition coefficient (Wildman–Crippen LogP) is 1.69. The molecule has 16 heavy (non-hydrogen) atoms. The molecule has 5 heteroatoms. The number of hydrogen-bond donors (Lipinski definition) is 3. The van der Waals surface area contributed by atoms with Crippen LogP contribution in [0.3, 0.4) is 0 Å². The number of carbonyl (C=O) groups is 1. The smallest absolute Gasteiger partial charge is 0.406 e. The van der Waals surface area contributed by atoms with E-state index in [4.69, 9.17) is 5.11 Å². The van der Waals surface area contributed by atoms with Crippen LogP contribution in [-0.4, -0.2) is 22.2 Å². The largest absolute Gasteiger partial charge is 0.465 e. The number of alkyl halides is 1. The van der Waals surface area contributed by atoms with Crippen LogP contribution in [0.4, 0.5) is 4.79 Å². The van der Waals surface area contributed by atoms with E-state index in [1.807, 2.05) is 18.2 Å². The topological polar surface area (TPSA) is 61.4 Å². The summed E-state index contributed by atoms with van der Waals surface area (Å²) in [4.78, 5) is 10.9. The van der Waals surface area contributed by atoms with Crippen molar-refractivity contribution < 1.29 is 9.90 Å². The minimum absolute atomic E-state index is 0.638. The molecule has 1 unspecified atom stereocenters. The van der Waals surface area contributed by atoms with E-state index in [9.17, 15) is 4.79 Å². The number of carboxylic acid groups (broad SMARTS) is 1. The Kier molecular flexibility index (Phi) is 3.34. The van der Waals surface area contributed by atoms with Crippen molar-refractivity contribution in [3.8, 4) is 0 Å². The molecule has 0 bridgehead atoms. The molecule has 0 fully saturated rings. The number of benzene rings is 1. The van der Waals surface area contributed by atoms with Crippen LogP contribution in [0.2, 0.25) is 0 Å². The van der Waals surface area contributed by atoms with Crippen molar-refractivity contribution in [2.24, 2.45) is 0 Å². The summed E-state index contributed by atoms with van der Waals surface area (Å²) in [5, 5.41) is 14.8. The van der Waals surface area contributed by atoms with Crippen molar-refractivity contribution in [1.29, 1.82) is 0 Å². The molecule has 0 aromatic heterocycles. The van der Waals surface area contributed by atoms with E-state index < -0.39 is 11.8 Å². The number of hydrogen-bond acceptors (Lipinski definition) is 2. The van der Waals surface area contributed by atoms with Gasteiger partial charge in [0.05, 0.1) is 0 Å². The molecule has 0 saturated carbocycles. The van der Waals surface area contributed by atoms with E-state index in [1.165, 1.54) is 5.56 Å². The summed E-state index contributed by atoms with van der Waals surface area (Å²) in [5.74, 6) is 0. The second-order valence-corrected chi connectivity index (χ2v) is 4.57. The summed E-state index contributed by atoms with van der Waals surface area (Å²) in [6.07, 6.45) is -0.0589. The van der Waals surface area contributed by atoms with Crippen molar-refractivity contribution in [2.45, 2.75) is 12.1 Å². The predicted molar refractivity (Wildman–Crippen MR) is 69.9 cm³/mol. The zero-order valence-electron chi connectivity index (χ0n) is 8.66. The first-order valence-electron chi connectivity index (χ1n) is 5.08. The Bertz CT molecular complexity index is 411. The molecule has 0 aliphatic carbocycles. The molecule has 1 aliphatic rings. The maximum atomic E-state index is 10.9. The Labute approximate surface area is 108 Å². The average molecular weight is 332 g/mol. The first-order chi connectivity index (χ1) is 7.68. The van der Waals surface area contributed by atoms with Gasteiger partial charge in [0.1, 0.15) is 5.66 Å². The Hall–Kier alpha value is -0.820. The van der Waals surface area contributed by atoms with Crippen LogP contribution in [0.15, 0.2) is 24.3 Å². The van der Waals surface area contributed by atoms with Gasteiger partial charge in [-0.3, -0.25) is 10.6 Å². The van der Waals surface area contributed by atoms with Crippen LogP contribution in [0.5, 0.6) is 0 Å². The molecule has 1 aliphatic heterocycles. The molecule has 2 rings (SSSR count). The lowest BCUT2D eigenvalue weighted by Gasteiger charge is -2.38. The quantitative estimate of drug-likeness (QED) is 0.571. The minimum atomic E-state index is -0.999. The number of nitrogens with one attached hydrogen (secondary N) is 2. The Morgan fingerprint density at radius 1 is 1.56 bits per heavy atom. The summed E-state index contributed by atoms with van der Waals surface area (Å²) >= 11 is 2.20. The number of halogens is 1. The summed E-state index contributed by atoms with van der Waals surface area (Å²) in [6, 6.07) is 7.97. The zero-order valence-corrected chi connectivity index (χ0v) is 10.8. The second kappa shape index (κ2) is 4.58. The average Bonchev–Trinajstić information content (AvgIpc) is 2.29. The van der Waals surface area contributed by atoms with E-state index in [2.05, 4.69) is 39.3 Å². The molecule has 1 aromatic rings. The zero-order chi connectivity index (χ0) is 11.6. The van der Waals surface area contributed by atoms with E-state index in [1.54, 1.807) is 0 Å². The third-order valence-electron chi connectivity index (χ3n) is 2.82. The molecule has 0 saturated heterocycles. The maximum absolute atomic E-state index is 10.9. The Balaban J connectivity index is 2.44. The summed E-state index contributed by atoms with van der Waals surface area (Å²) in [6.45, 7) is 0.792. The second-order valence-electron chi connectivity index (χ2n) is 3.80. The molecular formula is C11H13IN2O2. The van der Waals surface area contributed by atoms with Crippen LogP contribution in [0.25, 0.3) is 0 Å². The van der Waals surface area contributed by atoms with E-state index in [0.29, 0.717) is 4.43 Å². The molecule has 4 nitrogen and oxygen atoms in total. The number of amides is 1. The lowest BCUT2D eigenvalue weighted by Crippen LogP contribution is -2.60. The van der Waals surface area contributed by atoms with Gasteiger partial charge in [-0.1, -0.05) is 46.9 Å². The number of rotatable bonds is 2. The lowest BCUT2D eigenvalue weighted by molar-refractivity contribution is 0.171. The first kappa shape index (κ1) is 11.7. The highest BCUT2D eigenvalue weighted by molar-refractivity contribution is 14.1. The normalized spacial score (nSPS) is 23.6. The fraction of sp³-hybridized carbons (Fsp3) is 0.364. The number of fused-ring (bicyclic) bond motifs is 1. The van der Waals surface area contributed by atoms with Crippen molar-refractivity contribution >= 4 is 28.7 Å². The van der Waals surface area contributed by atoms with Gasteiger partial charge in [0.15, 0.2) is 0 Å². The SMILES string of the molecule is O=C(O)NC1(CI)NCCc2ccccc21.